The average molecular weight is 193 g/mol. The molecule has 0 unspecified atom stereocenters. The Labute approximate surface area is 74.3 Å². The number of nitro groups is 1. The molecular weight excluding hydrogens is 182 g/mol. The first-order chi connectivity index (χ1) is 6.07. The Morgan fingerprint density at radius 3 is 2.31 bits per heavy atom. The lowest BCUT2D eigenvalue weighted by Gasteiger charge is -2.11. The highest BCUT2D eigenvalue weighted by Gasteiger charge is 2.12. The second-order valence-electron chi connectivity index (χ2n) is 2.25. The summed E-state index contributed by atoms with van der Waals surface area (Å²) in [6, 6.07) is 0. The maximum Gasteiger partial charge on any atom is 0.294 e. The second-order valence-corrected chi connectivity index (χ2v) is 2.25. The van der Waals surface area contributed by atoms with Crippen LogP contribution in [0.2, 0.25) is 0 Å². The van der Waals surface area contributed by atoms with Crippen molar-refractivity contribution in [3.8, 4) is 0 Å². The van der Waals surface area contributed by atoms with Gasteiger partial charge in [-0.15, -0.1) is 15.1 Å². The van der Waals surface area contributed by atoms with Crippen molar-refractivity contribution in [3.63, 3.8) is 0 Å². The molecule has 0 amide bonds. The predicted molar refractivity (Wildman–Crippen MR) is 41.8 cm³/mol. The largest absolute Gasteiger partial charge is 0.312 e. The highest BCUT2D eigenvalue weighted by molar-refractivity contribution is 4.41. The Morgan fingerprint density at radius 1 is 1.31 bits per heavy atom. The standard InChI is InChI=1S/C5H11N3O5/c1-2-3-6(7(9)10)4-5-13-8(11)12/h2-5H2,1H3. The molecule has 76 valence electrons. The topological polar surface area (TPSA) is 98.8 Å². The summed E-state index contributed by atoms with van der Waals surface area (Å²) in [4.78, 5) is 23.9. The van der Waals surface area contributed by atoms with Crippen LogP contribution in [0.4, 0.5) is 0 Å². The van der Waals surface area contributed by atoms with Gasteiger partial charge < -0.3 is 4.84 Å². The minimum atomic E-state index is -0.968. The molecule has 0 heterocycles. The lowest BCUT2D eigenvalue weighted by molar-refractivity contribution is -0.761. The predicted octanol–water partition coefficient (Wildman–Crippen LogP) is 0.0984. The van der Waals surface area contributed by atoms with Gasteiger partial charge in [-0.3, -0.25) is 0 Å². The molecule has 0 spiro atoms. The Hall–Kier alpha value is -1.60. The van der Waals surface area contributed by atoms with E-state index in [0.29, 0.717) is 6.42 Å². The van der Waals surface area contributed by atoms with Crippen molar-refractivity contribution in [2.45, 2.75) is 13.3 Å². The van der Waals surface area contributed by atoms with Gasteiger partial charge in [-0.1, -0.05) is 6.92 Å². The molecule has 0 fully saturated rings. The molecule has 0 bridgehead atoms. The quantitative estimate of drug-likeness (QED) is 0.420. The Morgan fingerprint density at radius 2 is 1.92 bits per heavy atom. The van der Waals surface area contributed by atoms with Crippen LogP contribution in [0.3, 0.4) is 0 Å². The van der Waals surface area contributed by atoms with Gasteiger partial charge in [-0.2, -0.15) is 0 Å². The van der Waals surface area contributed by atoms with Crippen LogP contribution in [0.5, 0.6) is 0 Å². The third kappa shape index (κ3) is 5.65. The molecule has 0 saturated carbocycles. The van der Waals surface area contributed by atoms with Crippen LogP contribution in [0.25, 0.3) is 0 Å². The molecular formula is C5H11N3O5. The van der Waals surface area contributed by atoms with E-state index in [4.69, 9.17) is 0 Å². The summed E-state index contributed by atoms with van der Waals surface area (Å²) in [5.41, 5.74) is 0. The smallest absolute Gasteiger partial charge is 0.294 e. The van der Waals surface area contributed by atoms with E-state index in [1.807, 2.05) is 0 Å². The van der Waals surface area contributed by atoms with E-state index >= 15 is 0 Å². The van der Waals surface area contributed by atoms with Crippen LogP contribution in [-0.2, 0) is 4.84 Å². The normalized spacial score (nSPS) is 9.31. The van der Waals surface area contributed by atoms with E-state index in [0.717, 1.165) is 5.01 Å². The van der Waals surface area contributed by atoms with Crippen molar-refractivity contribution in [1.82, 2.24) is 5.01 Å². The van der Waals surface area contributed by atoms with E-state index in [2.05, 4.69) is 4.84 Å². The zero-order chi connectivity index (χ0) is 10.3. The molecule has 0 aromatic heterocycles. The maximum atomic E-state index is 10.3. The van der Waals surface area contributed by atoms with Gasteiger partial charge in [0.05, 0.1) is 6.54 Å². The number of rotatable bonds is 7. The molecule has 0 N–H and O–H groups in total. The third-order valence-electron chi connectivity index (χ3n) is 1.26. The van der Waals surface area contributed by atoms with E-state index in [9.17, 15) is 20.2 Å². The second kappa shape index (κ2) is 5.98. The first-order valence-corrected chi connectivity index (χ1v) is 3.74. The SMILES string of the molecule is CCCN(CCO[N+](=O)[O-])[N+](=O)[O-]. The molecule has 8 heteroatoms. The zero-order valence-electron chi connectivity index (χ0n) is 7.21. The summed E-state index contributed by atoms with van der Waals surface area (Å²) in [6.07, 6.45) is 0.611. The van der Waals surface area contributed by atoms with Gasteiger partial charge in [0, 0.05) is 0 Å². The minimum Gasteiger partial charge on any atom is -0.312 e. The number of hydrazine groups is 1. The first-order valence-electron chi connectivity index (χ1n) is 3.74. The van der Waals surface area contributed by atoms with Crippen molar-refractivity contribution in [1.29, 1.82) is 0 Å². The third-order valence-corrected chi connectivity index (χ3v) is 1.26. The number of hydrogen-bond donors (Lipinski definition) is 0. The molecule has 0 aromatic rings. The van der Waals surface area contributed by atoms with Crippen LogP contribution in [-0.4, -0.2) is 34.8 Å². The summed E-state index contributed by atoms with van der Waals surface area (Å²) in [6.45, 7) is 1.68. The summed E-state index contributed by atoms with van der Waals surface area (Å²) in [7, 11) is 0. The summed E-state index contributed by atoms with van der Waals surface area (Å²) >= 11 is 0. The van der Waals surface area contributed by atoms with Crippen LogP contribution in [0, 0.1) is 20.2 Å². The van der Waals surface area contributed by atoms with Crippen molar-refractivity contribution < 1.29 is 15.0 Å². The molecule has 0 aliphatic heterocycles. The summed E-state index contributed by atoms with van der Waals surface area (Å²) in [5.74, 6) is 0. The van der Waals surface area contributed by atoms with Crippen LogP contribution >= 0.6 is 0 Å². The summed E-state index contributed by atoms with van der Waals surface area (Å²) < 4.78 is 0. The molecule has 0 aliphatic carbocycles. The molecule has 0 aliphatic rings. The van der Waals surface area contributed by atoms with E-state index in [-0.39, 0.29) is 19.7 Å². The van der Waals surface area contributed by atoms with Gasteiger partial charge in [0.25, 0.3) is 5.09 Å². The Balaban J connectivity index is 3.69. The fraction of sp³-hybridized carbons (Fsp3) is 1.00. The van der Waals surface area contributed by atoms with Crippen LogP contribution < -0.4 is 0 Å². The van der Waals surface area contributed by atoms with Crippen LogP contribution in [0.15, 0.2) is 0 Å². The molecule has 0 aromatic carbocycles. The van der Waals surface area contributed by atoms with Gasteiger partial charge in [0.1, 0.15) is 13.2 Å². The van der Waals surface area contributed by atoms with E-state index < -0.39 is 10.1 Å². The lowest BCUT2D eigenvalue weighted by atomic mass is 10.4. The minimum absolute atomic E-state index is 0.0815. The van der Waals surface area contributed by atoms with Crippen LogP contribution in [0.1, 0.15) is 13.3 Å². The molecule has 13 heavy (non-hydrogen) atoms. The molecule has 0 atom stereocenters. The maximum absolute atomic E-state index is 10.3. The highest BCUT2D eigenvalue weighted by atomic mass is 16.9. The van der Waals surface area contributed by atoms with E-state index in [1.54, 1.807) is 6.92 Å². The first kappa shape index (κ1) is 11.4. The van der Waals surface area contributed by atoms with Crippen molar-refractivity contribution in [3.05, 3.63) is 20.2 Å². The van der Waals surface area contributed by atoms with Gasteiger partial charge in [-0.05, 0) is 6.42 Å². The van der Waals surface area contributed by atoms with E-state index in [1.165, 1.54) is 0 Å². The lowest BCUT2D eigenvalue weighted by Crippen LogP contribution is -2.34. The van der Waals surface area contributed by atoms with Gasteiger partial charge >= 0.3 is 0 Å². The zero-order valence-corrected chi connectivity index (χ0v) is 7.21. The fourth-order valence-corrected chi connectivity index (χ4v) is 0.754. The fourth-order valence-electron chi connectivity index (χ4n) is 0.754. The van der Waals surface area contributed by atoms with Gasteiger partial charge in [-0.25, -0.2) is 10.1 Å². The highest BCUT2D eigenvalue weighted by Crippen LogP contribution is 1.91. The van der Waals surface area contributed by atoms with Gasteiger partial charge in [0.15, 0.2) is 5.03 Å². The molecule has 0 rings (SSSR count). The van der Waals surface area contributed by atoms with Crippen molar-refractivity contribution >= 4 is 0 Å². The van der Waals surface area contributed by atoms with Crippen molar-refractivity contribution in [2.75, 3.05) is 19.7 Å². The van der Waals surface area contributed by atoms with Gasteiger partial charge in [0.2, 0.25) is 0 Å². The Kier molecular flexibility index (Phi) is 5.24. The number of hydrogen-bond acceptors (Lipinski definition) is 5. The Bertz CT molecular complexity index is 185. The van der Waals surface area contributed by atoms with Crippen molar-refractivity contribution in [2.24, 2.45) is 0 Å². The molecule has 8 nitrogen and oxygen atoms in total. The molecule has 0 radical (unpaired) electrons. The molecule has 0 saturated heterocycles. The number of nitrogens with zero attached hydrogens (tertiary/aromatic N) is 3. The monoisotopic (exact) mass is 193 g/mol. The average Bonchev–Trinajstić information content (AvgIpc) is 2.02. The summed E-state index contributed by atoms with van der Waals surface area (Å²) in [5, 5.41) is 19.3.